The van der Waals surface area contributed by atoms with Gasteiger partial charge in [-0.15, -0.1) is 0 Å². The highest BCUT2D eigenvalue weighted by molar-refractivity contribution is 5.88. The lowest BCUT2D eigenvalue weighted by atomic mass is 10.1. The molecule has 0 unspecified atom stereocenters. The maximum absolute atomic E-state index is 12.1. The first-order valence-electron chi connectivity index (χ1n) is 7.55. The lowest BCUT2D eigenvalue weighted by molar-refractivity contribution is -0.129. The highest BCUT2D eigenvalue weighted by Crippen LogP contribution is 2.08. The highest BCUT2D eigenvalue weighted by Gasteiger charge is 2.16. The largest absolute Gasteiger partial charge is 0.334 e. The van der Waals surface area contributed by atoms with Crippen LogP contribution in [0.25, 0.3) is 0 Å². The highest BCUT2D eigenvalue weighted by atomic mass is 16.2. The van der Waals surface area contributed by atoms with E-state index in [9.17, 15) is 4.79 Å². The second-order valence-corrected chi connectivity index (χ2v) is 6.13. The van der Waals surface area contributed by atoms with Gasteiger partial charge in [0, 0.05) is 18.2 Å². The standard InChI is InChI=1S/C18H31NO/c1-14(2)10-8-11-17(7)12-9-13-18(20)19(15(3)4)16(5)6/h9-10,12-13,15-16H,8,11H2,1-7H3/b13-9+,17-12+. The first-order chi connectivity index (χ1) is 9.25. The van der Waals surface area contributed by atoms with Crippen molar-refractivity contribution in [3.8, 4) is 0 Å². The average Bonchev–Trinajstić information content (AvgIpc) is 2.27. The van der Waals surface area contributed by atoms with Gasteiger partial charge in [0.25, 0.3) is 0 Å². The molecule has 0 fully saturated rings. The summed E-state index contributed by atoms with van der Waals surface area (Å²) >= 11 is 0. The van der Waals surface area contributed by atoms with Crippen LogP contribution < -0.4 is 0 Å². The van der Waals surface area contributed by atoms with E-state index >= 15 is 0 Å². The lowest BCUT2D eigenvalue weighted by Crippen LogP contribution is -2.41. The van der Waals surface area contributed by atoms with Gasteiger partial charge in [-0.25, -0.2) is 0 Å². The summed E-state index contributed by atoms with van der Waals surface area (Å²) in [5.41, 5.74) is 2.65. The normalized spacial score (nSPS) is 12.3. The van der Waals surface area contributed by atoms with Crippen LogP contribution in [-0.2, 0) is 4.79 Å². The molecule has 114 valence electrons. The Morgan fingerprint density at radius 2 is 1.60 bits per heavy atom. The number of rotatable bonds is 7. The van der Waals surface area contributed by atoms with Gasteiger partial charge >= 0.3 is 0 Å². The van der Waals surface area contributed by atoms with Crippen molar-refractivity contribution in [3.63, 3.8) is 0 Å². The number of carbonyl (C=O) groups excluding carboxylic acids is 1. The van der Waals surface area contributed by atoms with E-state index in [0.717, 1.165) is 12.8 Å². The molecule has 0 saturated heterocycles. The molecule has 0 N–H and O–H groups in total. The van der Waals surface area contributed by atoms with Gasteiger partial charge in [0.15, 0.2) is 0 Å². The maximum Gasteiger partial charge on any atom is 0.247 e. The predicted molar refractivity (Wildman–Crippen MR) is 88.7 cm³/mol. The van der Waals surface area contributed by atoms with E-state index in [0.29, 0.717) is 0 Å². The summed E-state index contributed by atoms with van der Waals surface area (Å²) in [4.78, 5) is 14.0. The van der Waals surface area contributed by atoms with Crippen LogP contribution in [0.5, 0.6) is 0 Å². The zero-order valence-corrected chi connectivity index (χ0v) is 14.2. The predicted octanol–water partition coefficient (Wildman–Crippen LogP) is 4.88. The SMILES string of the molecule is CC(C)=CCC/C(C)=C/C=C/C(=O)N(C(C)C)C(C)C. The van der Waals surface area contributed by atoms with E-state index in [4.69, 9.17) is 0 Å². The minimum atomic E-state index is 0.0864. The average molecular weight is 277 g/mol. The van der Waals surface area contributed by atoms with Crippen molar-refractivity contribution >= 4 is 5.91 Å². The van der Waals surface area contributed by atoms with Crippen molar-refractivity contribution in [1.82, 2.24) is 4.90 Å². The molecule has 0 aromatic carbocycles. The first-order valence-corrected chi connectivity index (χ1v) is 7.55. The number of amides is 1. The Balaban J connectivity index is 4.47. The molecule has 1 amide bonds. The minimum Gasteiger partial charge on any atom is -0.334 e. The van der Waals surface area contributed by atoms with Crippen LogP contribution in [0.15, 0.2) is 35.5 Å². The zero-order chi connectivity index (χ0) is 15.7. The number of hydrogen-bond acceptors (Lipinski definition) is 1. The molecule has 2 nitrogen and oxygen atoms in total. The summed E-state index contributed by atoms with van der Waals surface area (Å²) in [6.45, 7) is 14.5. The van der Waals surface area contributed by atoms with E-state index in [-0.39, 0.29) is 18.0 Å². The lowest BCUT2D eigenvalue weighted by Gasteiger charge is -2.29. The van der Waals surface area contributed by atoms with Gasteiger partial charge in [0.2, 0.25) is 5.91 Å². The van der Waals surface area contributed by atoms with E-state index in [2.05, 4.69) is 26.8 Å². The molecule has 0 spiro atoms. The number of nitrogens with zero attached hydrogens (tertiary/aromatic N) is 1. The van der Waals surface area contributed by atoms with Gasteiger partial charge in [-0.2, -0.15) is 0 Å². The van der Waals surface area contributed by atoms with Crippen LogP contribution in [-0.4, -0.2) is 22.9 Å². The van der Waals surface area contributed by atoms with Crippen molar-refractivity contribution in [1.29, 1.82) is 0 Å². The van der Waals surface area contributed by atoms with Crippen LogP contribution in [0, 0.1) is 0 Å². The molecule has 0 bridgehead atoms. The molecule has 0 aliphatic rings. The van der Waals surface area contributed by atoms with Gasteiger partial charge in [0.05, 0.1) is 0 Å². The summed E-state index contributed by atoms with van der Waals surface area (Å²) < 4.78 is 0. The van der Waals surface area contributed by atoms with E-state index in [1.807, 2.05) is 44.7 Å². The Hall–Kier alpha value is -1.31. The van der Waals surface area contributed by atoms with Crippen LogP contribution in [0.1, 0.15) is 61.3 Å². The van der Waals surface area contributed by atoms with E-state index < -0.39 is 0 Å². The number of hydrogen-bond donors (Lipinski definition) is 0. The molecule has 0 aliphatic heterocycles. The Bertz CT molecular complexity index is 374. The number of allylic oxidation sites excluding steroid dienone is 5. The molecule has 0 saturated carbocycles. The van der Waals surface area contributed by atoms with Gasteiger partial charge in [-0.05, 0) is 61.3 Å². The summed E-state index contributed by atoms with van der Waals surface area (Å²) in [5.74, 6) is 0.0864. The summed E-state index contributed by atoms with van der Waals surface area (Å²) in [6.07, 6.45) is 9.93. The third kappa shape index (κ3) is 7.98. The van der Waals surface area contributed by atoms with Gasteiger partial charge in [0.1, 0.15) is 0 Å². The molecule has 0 aromatic rings. The van der Waals surface area contributed by atoms with Crippen molar-refractivity contribution in [3.05, 3.63) is 35.5 Å². The zero-order valence-electron chi connectivity index (χ0n) is 14.2. The first kappa shape index (κ1) is 18.7. The van der Waals surface area contributed by atoms with Crippen LogP contribution in [0.2, 0.25) is 0 Å². The molecule has 2 heteroatoms. The molecule has 0 aliphatic carbocycles. The maximum atomic E-state index is 12.1. The monoisotopic (exact) mass is 277 g/mol. The van der Waals surface area contributed by atoms with E-state index in [1.165, 1.54) is 11.1 Å². The molecule has 20 heavy (non-hydrogen) atoms. The topological polar surface area (TPSA) is 20.3 Å². The Kier molecular flexibility index (Phi) is 8.94. The third-order valence-corrected chi connectivity index (χ3v) is 3.08. The molecule has 0 aromatic heterocycles. The summed E-state index contributed by atoms with van der Waals surface area (Å²) in [5, 5.41) is 0. The Labute approximate surface area is 125 Å². The molecule has 0 radical (unpaired) electrons. The van der Waals surface area contributed by atoms with Gasteiger partial charge < -0.3 is 4.90 Å². The van der Waals surface area contributed by atoms with Gasteiger partial charge in [-0.1, -0.05) is 29.4 Å². The quantitative estimate of drug-likeness (QED) is 0.369. The Morgan fingerprint density at radius 3 is 2.05 bits per heavy atom. The van der Waals surface area contributed by atoms with Crippen molar-refractivity contribution < 1.29 is 4.79 Å². The third-order valence-electron chi connectivity index (χ3n) is 3.08. The van der Waals surface area contributed by atoms with Crippen molar-refractivity contribution in [2.75, 3.05) is 0 Å². The fourth-order valence-electron chi connectivity index (χ4n) is 2.16. The smallest absolute Gasteiger partial charge is 0.247 e. The van der Waals surface area contributed by atoms with E-state index in [1.54, 1.807) is 6.08 Å². The van der Waals surface area contributed by atoms with Crippen LogP contribution >= 0.6 is 0 Å². The minimum absolute atomic E-state index is 0.0864. The Morgan fingerprint density at radius 1 is 1.05 bits per heavy atom. The fraction of sp³-hybridized carbons (Fsp3) is 0.611. The fourth-order valence-corrected chi connectivity index (χ4v) is 2.16. The second-order valence-electron chi connectivity index (χ2n) is 6.13. The molecule has 0 heterocycles. The van der Waals surface area contributed by atoms with Crippen molar-refractivity contribution in [2.45, 2.75) is 73.4 Å². The summed E-state index contributed by atoms with van der Waals surface area (Å²) in [7, 11) is 0. The second kappa shape index (κ2) is 9.57. The summed E-state index contributed by atoms with van der Waals surface area (Å²) in [6, 6.07) is 0.463. The molecule has 0 atom stereocenters. The van der Waals surface area contributed by atoms with Crippen LogP contribution in [0.4, 0.5) is 0 Å². The molecular weight excluding hydrogens is 246 g/mol. The van der Waals surface area contributed by atoms with Crippen molar-refractivity contribution in [2.24, 2.45) is 0 Å². The molecular formula is C18H31NO. The van der Waals surface area contributed by atoms with Gasteiger partial charge in [-0.3, -0.25) is 4.79 Å². The van der Waals surface area contributed by atoms with Crippen LogP contribution in [0.3, 0.4) is 0 Å². The molecule has 0 rings (SSSR count). The number of carbonyl (C=O) groups is 1.